The van der Waals surface area contributed by atoms with E-state index in [0.717, 1.165) is 44.2 Å². The molecule has 1 aromatic carbocycles. The SMILES string of the molecule is C=C(PN=CC)[S+]([O-])NC(=O)Nc1c2c(cc3c1CCC3)CCC2. The number of anilines is 1. The monoisotopic (exact) mass is 363 g/mol. The highest BCUT2D eigenvalue weighted by atomic mass is 32.2. The van der Waals surface area contributed by atoms with E-state index in [9.17, 15) is 9.35 Å². The van der Waals surface area contributed by atoms with Gasteiger partial charge in [0.1, 0.15) is 11.4 Å². The number of benzene rings is 1. The van der Waals surface area contributed by atoms with Crippen LogP contribution in [0.25, 0.3) is 0 Å². The summed E-state index contributed by atoms with van der Waals surface area (Å²) in [6.07, 6.45) is 8.06. The van der Waals surface area contributed by atoms with E-state index in [1.54, 1.807) is 13.1 Å². The van der Waals surface area contributed by atoms with Crippen LogP contribution in [-0.4, -0.2) is 16.8 Å². The Bertz CT molecular complexity index is 673. The fourth-order valence-corrected chi connectivity index (χ4v) is 4.69. The van der Waals surface area contributed by atoms with E-state index in [1.165, 1.54) is 22.3 Å². The Kier molecular flexibility index (Phi) is 5.59. The minimum atomic E-state index is -1.62. The summed E-state index contributed by atoms with van der Waals surface area (Å²) in [6.45, 7) is 5.52. The number of aryl methyl sites for hydroxylation is 2. The Hall–Kier alpha value is -1.36. The van der Waals surface area contributed by atoms with Crippen molar-refractivity contribution in [3.05, 3.63) is 39.5 Å². The molecule has 3 rings (SSSR count). The molecule has 5 nitrogen and oxygen atoms in total. The normalized spacial score (nSPS) is 17.2. The van der Waals surface area contributed by atoms with Gasteiger partial charge in [-0.2, -0.15) is 0 Å². The number of urea groups is 1. The molecule has 24 heavy (non-hydrogen) atoms. The van der Waals surface area contributed by atoms with E-state index in [-0.39, 0.29) is 8.73 Å². The van der Waals surface area contributed by atoms with Crippen molar-refractivity contribution in [1.29, 1.82) is 0 Å². The largest absolute Gasteiger partial charge is 0.588 e. The summed E-state index contributed by atoms with van der Waals surface area (Å²) in [4.78, 5) is 12.3. The molecule has 0 aromatic heterocycles. The van der Waals surface area contributed by atoms with Gasteiger partial charge in [0.15, 0.2) is 4.65 Å². The van der Waals surface area contributed by atoms with Gasteiger partial charge in [0.05, 0.1) is 8.73 Å². The molecule has 2 aliphatic carbocycles. The molecule has 0 radical (unpaired) electrons. The molecule has 2 N–H and O–H groups in total. The topological polar surface area (TPSA) is 76.6 Å². The minimum Gasteiger partial charge on any atom is -0.588 e. The predicted octanol–water partition coefficient (Wildman–Crippen LogP) is 3.60. The van der Waals surface area contributed by atoms with Crippen LogP contribution in [0.3, 0.4) is 0 Å². The lowest BCUT2D eigenvalue weighted by molar-refractivity contribution is 0.256. The van der Waals surface area contributed by atoms with Crippen molar-refractivity contribution in [3.63, 3.8) is 0 Å². The Labute approximate surface area is 147 Å². The molecule has 1 aromatic rings. The van der Waals surface area contributed by atoms with Crippen molar-refractivity contribution in [1.82, 2.24) is 4.72 Å². The lowest BCUT2D eigenvalue weighted by Gasteiger charge is -2.17. The molecule has 2 atom stereocenters. The first-order valence-electron chi connectivity index (χ1n) is 8.18. The highest BCUT2D eigenvalue weighted by Crippen LogP contribution is 2.38. The number of nitrogens with zero attached hydrogens (tertiary/aromatic N) is 1. The third kappa shape index (κ3) is 3.66. The summed E-state index contributed by atoms with van der Waals surface area (Å²) < 4.78 is 19.0. The van der Waals surface area contributed by atoms with Crippen LogP contribution in [0, 0.1) is 0 Å². The second-order valence-electron chi connectivity index (χ2n) is 5.98. The van der Waals surface area contributed by atoms with Crippen LogP contribution in [0.2, 0.25) is 0 Å². The molecular formula is C17H22N3O2PS. The summed E-state index contributed by atoms with van der Waals surface area (Å²) in [6, 6.07) is 1.88. The Morgan fingerprint density at radius 2 is 1.92 bits per heavy atom. The number of carbonyl (C=O) groups excluding carboxylic acids is 1. The molecule has 0 saturated carbocycles. The van der Waals surface area contributed by atoms with E-state index in [4.69, 9.17) is 0 Å². The van der Waals surface area contributed by atoms with E-state index >= 15 is 0 Å². The first-order chi connectivity index (χ1) is 11.6. The summed E-state index contributed by atoms with van der Waals surface area (Å²) in [5.74, 6) is 0. The van der Waals surface area contributed by atoms with Crippen molar-refractivity contribution in [2.45, 2.75) is 45.4 Å². The Morgan fingerprint density at radius 3 is 2.50 bits per heavy atom. The molecule has 2 unspecified atom stereocenters. The van der Waals surface area contributed by atoms with Gasteiger partial charge >= 0.3 is 6.03 Å². The first kappa shape index (κ1) is 17.5. The fraction of sp³-hybridized carbons (Fsp3) is 0.412. The van der Waals surface area contributed by atoms with Gasteiger partial charge in [-0.25, -0.2) is 4.79 Å². The van der Waals surface area contributed by atoms with Gasteiger partial charge in [-0.1, -0.05) is 6.07 Å². The van der Waals surface area contributed by atoms with E-state index in [2.05, 4.69) is 27.4 Å². The number of hydrogen-bond acceptors (Lipinski definition) is 3. The van der Waals surface area contributed by atoms with Crippen LogP contribution < -0.4 is 10.0 Å². The quantitative estimate of drug-likeness (QED) is 0.476. The molecule has 0 bridgehead atoms. The number of nitrogens with one attached hydrogen (secondary N) is 2. The number of carbonyl (C=O) groups is 1. The maximum atomic E-state index is 12.3. The maximum Gasteiger partial charge on any atom is 0.361 e. The zero-order chi connectivity index (χ0) is 17.1. The van der Waals surface area contributed by atoms with Gasteiger partial charge in [-0.15, -0.1) is 4.72 Å². The average Bonchev–Trinajstić information content (AvgIpc) is 3.20. The van der Waals surface area contributed by atoms with Crippen molar-refractivity contribution in [2.24, 2.45) is 4.76 Å². The molecule has 2 amide bonds. The molecule has 0 saturated heterocycles. The van der Waals surface area contributed by atoms with E-state index in [0.29, 0.717) is 4.65 Å². The van der Waals surface area contributed by atoms with Gasteiger partial charge in [-0.3, -0.25) is 4.76 Å². The van der Waals surface area contributed by atoms with Crippen molar-refractivity contribution < 1.29 is 9.35 Å². The molecule has 7 heteroatoms. The average molecular weight is 363 g/mol. The predicted molar refractivity (Wildman–Crippen MR) is 102 cm³/mol. The van der Waals surface area contributed by atoms with Crippen molar-refractivity contribution in [2.75, 3.05) is 5.32 Å². The van der Waals surface area contributed by atoms with E-state index < -0.39 is 17.4 Å². The van der Waals surface area contributed by atoms with Gasteiger partial charge in [0, 0.05) is 11.9 Å². The second kappa shape index (κ2) is 7.68. The van der Waals surface area contributed by atoms with Crippen LogP contribution in [0.5, 0.6) is 0 Å². The van der Waals surface area contributed by atoms with Crippen LogP contribution in [0.4, 0.5) is 10.5 Å². The van der Waals surface area contributed by atoms with Crippen molar-refractivity contribution >= 4 is 38.0 Å². The summed E-state index contributed by atoms with van der Waals surface area (Å²) in [5, 5.41) is 2.96. The van der Waals surface area contributed by atoms with Gasteiger partial charge < -0.3 is 9.87 Å². The van der Waals surface area contributed by atoms with Crippen molar-refractivity contribution in [3.8, 4) is 0 Å². The number of hydrogen-bond donors (Lipinski definition) is 2. The Morgan fingerprint density at radius 1 is 1.29 bits per heavy atom. The molecular weight excluding hydrogens is 341 g/mol. The third-order valence-corrected chi connectivity index (χ3v) is 6.72. The first-order valence-corrected chi connectivity index (χ1v) is 10.3. The highest BCUT2D eigenvalue weighted by Gasteiger charge is 2.26. The zero-order valence-electron chi connectivity index (χ0n) is 13.8. The van der Waals surface area contributed by atoms with Gasteiger partial charge in [0.25, 0.3) is 0 Å². The third-order valence-electron chi connectivity index (χ3n) is 4.44. The number of rotatable bonds is 5. The lowest BCUT2D eigenvalue weighted by atomic mass is 9.99. The maximum absolute atomic E-state index is 12.3. The summed E-state index contributed by atoms with van der Waals surface area (Å²) in [5.41, 5.74) is 6.18. The molecule has 2 aliphatic rings. The highest BCUT2D eigenvalue weighted by molar-refractivity contribution is 8.00. The summed E-state index contributed by atoms with van der Waals surface area (Å²) in [7, 11) is -0.00241. The van der Waals surface area contributed by atoms with Crippen LogP contribution in [-0.2, 0) is 37.0 Å². The molecule has 0 fully saturated rings. The Balaban J connectivity index is 1.72. The molecule has 0 heterocycles. The zero-order valence-corrected chi connectivity index (χ0v) is 15.6. The second-order valence-corrected chi connectivity index (χ2v) is 8.66. The van der Waals surface area contributed by atoms with Gasteiger partial charge in [0.2, 0.25) is 0 Å². The fourth-order valence-electron chi connectivity index (χ4n) is 3.43. The summed E-state index contributed by atoms with van der Waals surface area (Å²) >= 11 is -1.62. The van der Waals surface area contributed by atoms with E-state index in [1.807, 2.05) is 0 Å². The van der Waals surface area contributed by atoms with Crippen LogP contribution in [0.1, 0.15) is 42.0 Å². The number of fused-ring (bicyclic) bond motifs is 2. The smallest absolute Gasteiger partial charge is 0.361 e. The van der Waals surface area contributed by atoms with Gasteiger partial charge in [-0.05, 0) is 74.3 Å². The lowest BCUT2D eigenvalue weighted by Crippen LogP contribution is -2.34. The molecule has 128 valence electrons. The number of amides is 2. The minimum absolute atomic E-state index is 0.00241. The standard InChI is InChI=1S/C17H22N3O2PS/c1-3-18-23-11(2)24(22)20-17(21)19-16-14-8-4-6-12(14)10-13-7-5-9-15(13)16/h3,10,23H,2,4-9H2,1H3,(H2,19,20,21). The van der Waals surface area contributed by atoms with Crippen LogP contribution in [0.15, 0.2) is 22.1 Å². The molecule has 0 spiro atoms. The molecule has 0 aliphatic heterocycles. The van der Waals surface area contributed by atoms with Crippen LogP contribution >= 0.6 is 8.73 Å².